The van der Waals surface area contributed by atoms with Crippen LogP contribution in [0.15, 0.2) is 48.5 Å². The van der Waals surface area contributed by atoms with Crippen LogP contribution >= 0.6 is 11.3 Å². The molecule has 0 N–H and O–H groups in total. The zero-order valence-corrected chi connectivity index (χ0v) is 14.9. The molecule has 3 nitrogen and oxygen atoms in total. The van der Waals surface area contributed by atoms with Gasteiger partial charge in [-0.25, -0.2) is 4.68 Å². The third-order valence-corrected chi connectivity index (χ3v) is 5.25. The maximum Gasteiger partial charge on any atom is 0.195 e. The molecule has 0 aliphatic carbocycles. The van der Waals surface area contributed by atoms with E-state index in [9.17, 15) is 4.79 Å². The molecule has 3 rings (SSSR count). The van der Waals surface area contributed by atoms with Gasteiger partial charge < -0.3 is 0 Å². The molecular formula is C20H20N2OS. The molecule has 0 atom stereocenters. The van der Waals surface area contributed by atoms with Crippen molar-refractivity contribution in [2.45, 2.75) is 27.2 Å². The number of carbonyl (C=O) groups is 1. The molecule has 0 bridgehead atoms. The molecule has 0 aliphatic heterocycles. The van der Waals surface area contributed by atoms with Crippen molar-refractivity contribution in [2.24, 2.45) is 0 Å². The molecule has 0 aliphatic rings. The van der Waals surface area contributed by atoms with Gasteiger partial charge in [0.2, 0.25) is 0 Å². The Morgan fingerprint density at radius 3 is 2.58 bits per heavy atom. The first-order chi connectivity index (χ1) is 11.6. The number of aryl methyl sites for hydroxylation is 2. The lowest BCUT2D eigenvalue weighted by molar-refractivity contribution is 0.105. The summed E-state index contributed by atoms with van der Waals surface area (Å²) in [5.74, 6) is 0.0472. The van der Waals surface area contributed by atoms with E-state index in [1.165, 1.54) is 4.88 Å². The number of aromatic nitrogens is 2. The summed E-state index contributed by atoms with van der Waals surface area (Å²) in [7, 11) is 0. The molecule has 0 amide bonds. The molecule has 0 spiro atoms. The van der Waals surface area contributed by atoms with Gasteiger partial charge in [-0.05, 0) is 56.7 Å². The van der Waals surface area contributed by atoms with Crippen LogP contribution in [-0.2, 0) is 6.42 Å². The fourth-order valence-electron chi connectivity index (χ4n) is 2.66. The van der Waals surface area contributed by atoms with Gasteiger partial charge in [-0.2, -0.15) is 5.10 Å². The largest absolute Gasteiger partial charge is 0.288 e. The number of allylic oxidation sites excluding steroid dienone is 1. The van der Waals surface area contributed by atoms with Crippen molar-refractivity contribution in [1.82, 2.24) is 9.78 Å². The maximum absolute atomic E-state index is 12.3. The quantitative estimate of drug-likeness (QED) is 0.485. The summed E-state index contributed by atoms with van der Waals surface area (Å²) in [5, 5.41) is 4.61. The fourth-order valence-corrected chi connectivity index (χ4v) is 3.53. The molecule has 4 heteroatoms. The number of para-hydroxylation sites is 1. The standard InChI is InChI=1S/C20H20N2OS/c1-4-17-10-13-20(24-17)19(23)12-11-18-14(2)21-22(15(18)3)16-8-6-5-7-9-16/h5-13H,4H2,1-3H3/b12-11+. The Hall–Kier alpha value is -2.46. The molecule has 2 aromatic heterocycles. The van der Waals surface area contributed by atoms with Gasteiger partial charge >= 0.3 is 0 Å². The highest BCUT2D eigenvalue weighted by atomic mass is 32.1. The lowest BCUT2D eigenvalue weighted by Gasteiger charge is -2.03. The van der Waals surface area contributed by atoms with Crippen molar-refractivity contribution in [2.75, 3.05) is 0 Å². The Balaban J connectivity index is 1.87. The summed E-state index contributed by atoms with van der Waals surface area (Å²) in [6.45, 7) is 6.09. The SMILES string of the molecule is CCc1ccc(C(=O)/C=C/c2c(C)nn(-c3ccccc3)c2C)s1. The summed E-state index contributed by atoms with van der Waals surface area (Å²) >= 11 is 1.56. The lowest BCUT2D eigenvalue weighted by Crippen LogP contribution is -1.98. The van der Waals surface area contributed by atoms with E-state index in [0.717, 1.165) is 33.9 Å². The van der Waals surface area contributed by atoms with Crippen LogP contribution in [0.25, 0.3) is 11.8 Å². The van der Waals surface area contributed by atoms with Gasteiger partial charge in [-0.15, -0.1) is 11.3 Å². The number of benzene rings is 1. The van der Waals surface area contributed by atoms with Crippen molar-refractivity contribution in [3.63, 3.8) is 0 Å². The number of ketones is 1. The van der Waals surface area contributed by atoms with Crippen LogP contribution in [0.3, 0.4) is 0 Å². The Labute approximate surface area is 146 Å². The smallest absolute Gasteiger partial charge is 0.195 e. The molecule has 0 saturated heterocycles. The van der Waals surface area contributed by atoms with Crippen molar-refractivity contribution in [3.05, 3.63) is 75.2 Å². The number of rotatable bonds is 5. The average molecular weight is 336 g/mol. The molecule has 24 heavy (non-hydrogen) atoms. The molecule has 0 saturated carbocycles. The summed E-state index contributed by atoms with van der Waals surface area (Å²) in [6, 6.07) is 13.9. The highest BCUT2D eigenvalue weighted by Gasteiger charge is 2.11. The van der Waals surface area contributed by atoms with E-state index in [1.54, 1.807) is 17.4 Å². The van der Waals surface area contributed by atoms with E-state index < -0.39 is 0 Å². The van der Waals surface area contributed by atoms with Gasteiger partial charge in [0.25, 0.3) is 0 Å². The van der Waals surface area contributed by atoms with Crippen LogP contribution in [0.4, 0.5) is 0 Å². The van der Waals surface area contributed by atoms with Crippen molar-refractivity contribution in [1.29, 1.82) is 0 Å². The topological polar surface area (TPSA) is 34.9 Å². The number of thiophene rings is 1. The van der Waals surface area contributed by atoms with E-state index in [1.807, 2.05) is 67.1 Å². The number of hydrogen-bond acceptors (Lipinski definition) is 3. The summed E-state index contributed by atoms with van der Waals surface area (Å²) in [6.07, 6.45) is 4.49. The zero-order valence-electron chi connectivity index (χ0n) is 14.1. The van der Waals surface area contributed by atoms with Gasteiger partial charge in [0, 0.05) is 16.1 Å². The van der Waals surface area contributed by atoms with Crippen LogP contribution in [0, 0.1) is 13.8 Å². The van der Waals surface area contributed by atoms with Crippen LogP contribution in [-0.4, -0.2) is 15.6 Å². The Bertz CT molecular complexity index is 888. The number of hydrogen-bond donors (Lipinski definition) is 0. The van der Waals surface area contributed by atoms with E-state index in [0.29, 0.717) is 0 Å². The zero-order chi connectivity index (χ0) is 17.1. The second-order valence-corrected chi connectivity index (χ2v) is 6.82. The minimum Gasteiger partial charge on any atom is -0.288 e. The number of nitrogens with zero attached hydrogens (tertiary/aromatic N) is 2. The molecule has 122 valence electrons. The lowest BCUT2D eigenvalue weighted by atomic mass is 10.1. The van der Waals surface area contributed by atoms with Gasteiger partial charge in [-0.3, -0.25) is 4.79 Å². The molecular weight excluding hydrogens is 316 g/mol. The Kier molecular flexibility index (Phi) is 4.76. The van der Waals surface area contributed by atoms with Crippen molar-refractivity contribution < 1.29 is 4.79 Å². The first kappa shape index (κ1) is 16.4. The minimum atomic E-state index is 0.0472. The highest BCUT2D eigenvalue weighted by molar-refractivity contribution is 7.14. The van der Waals surface area contributed by atoms with E-state index in [2.05, 4.69) is 12.0 Å². The summed E-state index contributed by atoms with van der Waals surface area (Å²) < 4.78 is 1.92. The average Bonchev–Trinajstić information content (AvgIpc) is 3.19. The minimum absolute atomic E-state index is 0.0472. The predicted octanol–water partition coefficient (Wildman–Crippen LogP) is 5.01. The normalized spacial score (nSPS) is 11.3. The number of carbonyl (C=O) groups excluding carboxylic acids is 1. The first-order valence-electron chi connectivity index (χ1n) is 8.03. The molecule has 3 aromatic rings. The second kappa shape index (κ2) is 6.97. The molecule has 0 radical (unpaired) electrons. The maximum atomic E-state index is 12.3. The van der Waals surface area contributed by atoms with Gasteiger partial charge in [0.15, 0.2) is 5.78 Å². The highest BCUT2D eigenvalue weighted by Crippen LogP contribution is 2.21. The van der Waals surface area contributed by atoms with Crippen LogP contribution < -0.4 is 0 Å². The van der Waals surface area contributed by atoms with Crippen LogP contribution in [0.2, 0.25) is 0 Å². The van der Waals surface area contributed by atoms with E-state index in [-0.39, 0.29) is 5.78 Å². The summed E-state index contributed by atoms with van der Waals surface area (Å²) in [5.41, 5.74) is 3.97. The first-order valence-corrected chi connectivity index (χ1v) is 8.84. The Morgan fingerprint density at radius 2 is 1.92 bits per heavy atom. The summed E-state index contributed by atoms with van der Waals surface area (Å²) in [4.78, 5) is 14.4. The third kappa shape index (κ3) is 3.24. The van der Waals surface area contributed by atoms with Gasteiger partial charge in [-0.1, -0.05) is 25.1 Å². The Morgan fingerprint density at radius 1 is 1.17 bits per heavy atom. The van der Waals surface area contributed by atoms with E-state index in [4.69, 9.17) is 0 Å². The van der Waals surface area contributed by atoms with Crippen LogP contribution in [0.1, 0.15) is 38.4 Å². The fraction of sp³-hybridized carbons (Fsp3) is 0.200. The third-order valence-electron chi connectivity index (χ3n) is 4.00. The second-order valence-electron chi connectivity index (χ2n) is 5.65. The van der Waals surface area contributed by atoms with Crippen LogP contribution in [0.5, 0.6) is 0 Å². The molecule has 2 heterocycles. The monoisotopic (exact) mass is 336 g/mol. The van der Waals surface area contributed by atoms with E-state index >= 15 is 0 Å². The van der Waals surface area contributed by atoms with Gasteiger partial charge in [0.05, 0.1) is 16.3 Å². The van der Waals surface area contributed by atoms with Crippen molar-refractivity contribution >= 4 is 23.2 Å². The van der Waals surface area contributed by atoms with Crippen molar-refractivity contribution in [3.8, 4) is 5.69 Å². The molecule has 0 unspecified atom stereocenters. The molecule has 0 fully saturated rings. The molecule has 1 aromatic carbocycles. The predicted molar refractivity (Wildman–Crippen MR) is 100 cm³/mol. The van der Waals surface area contributed by atoms with Gasteiger partial charge in [0.1, 0.15) is 0 Å².